The summed E-state index contributed by atoms with van der Waals surface area (Å²) in [5.74, 6) is -0.872. The van der Waals surface area contributed by atoms with Crippen LogP contribution in [0.3, 0.4) is 0 Å². The van der Waals surface area contributed by atoms with E-state index in [1.54, 1.807) is 19.2 Å². The van der Waals surface area contributed by atoms with Gasteiger partial charge in [0.1, 0.15) is 11.8 Å². The number of benzene rings is 1. The third-order valence-corrected chi connectivity index (χ3v) is 2.16. The molecule has 0 bridgehead atoms. The number of rotatable bonds is 4. The summed E-state index contributed by atoms with van der Waals surface area (Å²) in [7, 11) is 1.56. The fourth-order valence-electron chi connectivity index (χ4n) is 1.39. The smallest absolute Gasteiger partial charge is 0.317 e. The Labute approximate surface area is 93.2 Å². The van der Waals surface area contributed by atoms with Gasteiger partial charge in [-0.05, 0) is 24.7 Å². The maximum atomic E-state index is 10.5. The van der Waals surface area contributed by atoms with Gasteiger partial charge in [0.25, 0.3) is 0 Å². The lowest BCUT2D eigenvalue weighted by Crippen LogP contribution is -2.29. The molecule has 0 aliphatic rings. The molecular weight excluding hydrogens is 208 g/mol. The van der Waals surface area contributed by atoms with E-state index in [4.69, 9.17) is 15.5 Å². The van der Waals surface area contributed by atoms with E-state index >= 15 is 0 Å². The molecule has 1 unspecified atom stereocenters. The van der Waals surface area contributed by atoms with Crippen LogP contribution in [0.4, 0.5) is 0 Å². The molecule has 84 valence electrons. The van der Waals surface area contributed by atoms with Crippen molar-refractivity contribution in [2.24, 2.45) is 0 Å². The summed E-state index contributed by atoms with van der Waals surface area (Å²) < 4.78 is 0. The highest BCUT2D eigenvalue weighted by Gasteiger charge is 2.18. The van der Waals surface area contributed by atoms with E-state index in [2.05, 4.69) is 0 Å². The van der Waals surface area contributed by atoms with Gasteiger partial charge in [0.05, 0.1) is 12.6 Å². The van der Waals surface area contributed by atoms with Gasteiger partial charge in [-0.3, -0.25) is 9.69 Å². The number of phenols is 1. The zero-order chi connectivity index (χ0) is 12.1. The third kappa shape index (κ3) is 2.97. The van der Waals surface area contributed by atoms with Crippen molar-refractivity contribution in [3.63, 3.8) is 0 Å². The second kappa shape index (κ2) is 5.14. The van der Waals surface area contributed by atoms with Crippen molar-refractivity contribution >= 4 is 5.97 Å². The van der Waals surface area contributed by atoms with E-state index < -0.39 is 12.0 Å². The van der Waals surface area contributed by atoms with Gasteiger partial charge in [-0.1, -0.05) is 12.1 Å². The average Bonchev–Trinajstić information content (AvgIpc) is 2.21. The van der Waals surface area contributed by atoms with Gasteiger partial charge < -0.3 is 10.2 Å². The summed E-state index contributed by atoms with van der Waals surface area (Å²) in [5, 5.41) is 26.7. The number of nitrogens with zero attached hydrogens (tertiary/aromatic N) is 2. The average molecular weight is 220 g/mol. The highest BCUT2D eigenvalue weighted by Crippen LogP contribution is 2.20. The third-order valence-electron chi connectivity index (χ3n) is 2.16. The van der Waals surface area contributed by atoms with Gasteiger partial charge in [-0.15, -0.1) is 0 Å². The molecule has 0 amide bonds. The molecular formula is C11H12N2O3. The van der Waals surface area contributed by atoms with Crippen molar-refractivity contribution in [2.75, 3.05) is 13.6 Å². The topological polar surface area (TPSA) is 84.6 Å². The fourth-order valence-corrected chi connectivity index (χ4v) is 1.39. The molecule has 0 spiro atoms. The molecule has 0 radical (unpaired) electrons. The number of aromatic hydroxyl groups is 1. The molecule has 1 aromatic rings. The zero-order valence-corrected chi connectivity index (χ0v) is 8.79. The summed E-state index contributed by atoms with van der Waals surface area (Å²) in [6.07, 6.45) is 0. The Morgan fingerprint density at radius 2 is 2.06 bits per heavy atom. The second-order valence-electron chi connectivity index (χ2n) is 3.43. The van der Waals surface area contributed by atoms with Gasteiger partial charge in [0, 0.05) is 0 Å². The number of nitriles is 1. The van der Waals surface area contributed by atoms with E-state index in [1.807, 2.05) is 6.07 Å². The highest BCUT2D eigenvalue weighted by molar-refractivity contribution is 5.69. The maximum Gasteiger partial charge on any atom is 0.317 e. The molecule has 0 aliphatic carbocycles. The van der Waals surface area contributed by atoms with Crippen molar-refractivity contribution in [1.29, 1.82) is 5.26 Å². The number of hydrogen-bond donors (Lipinski definition) is 2. The van der Waals surface area contributed by atoms with Crippen LogP contribution in [0.5, 0.6) is 5.75 Å². The Kier molecular flexibility index (Phi) is 3.86. The molecule has 1 aromatic carbocycles. The number of carboxylic acids is 1. The monoisotopic (exact) mass is 220 g/mol. The van der Waals surface area contributed by atoms with Crippen molar-refractivity contribution in [3.05, 3.63) is 29.8 Å². The zero-order valence-electron chi connectivity index (χ0n) is 8.79. The molecule has 1 rings (SSSR count). The van der Waals surface area contributed by atoms with Crippen LogP contribution in [0.2, 0.25) is 0 Å². The number of phenolic OH excluding ortho intramolecular Hbond substituents is 1. The molecule has 0 aliphatic heterocycles. The van der Waals surface area contributed by atoms with E-state index in [0.717, 1.165) is 0 Å². The lowest BCUT2D eigenvalue weighted by molar-refractivity contribution is -0.138. The van der Waals surface area contributed by atoms with Crippen LogP contribution < -0.4 is 0 Å². The summed E-state index contributed by atoms with van der Waals surface area (Å²) in [6.45, 7) is -0.209. The molecule has 5 heteroatoms. The van der Waals surface area contributed by atoms with Crippen LogP contribution in [0.1, 0.15) is 11.6 Å². The molecule has 5 nitrogen and oxygen atoms in total. The molecule has 0 heterocycles. The Morgan fingerprint density at radius 1 is 1.50 bits per heavy atom. The molecule has 2 N–H and O–H groups in total. The van der Waals surface area contributed by atoms with Crippen molar-refractivity contribution in [1.82, 2.24) is 4.90 Å². The molecule has 16 heavy (non-hydrogen) atoms. The predicted molar refractivity (Wildman–Crippen MR) is 56.7 cm³/mol. The van der Waals surface area contributed by atoms with Gasteiger partial charge in [-0.25, -0.2) is 0 Å². The number of hydrogen-bond acceptors (Lipinski definition) is 4. The van der Waals surface area contributed by atoms with Gasteiger partial charge in [-0.2, -0.15) is 5.26 Å². The van der Waals surface area contributed by atoms with Crippen molar-refractivity contribution in [3.8, 4) is 11.8 Å². The quantitative estimate of drug-likeness (QED) is 0.789. The first-order valence-corrected chi connectivity index (χ1v) is 4.65. The van der Waals surface area contributed by atoms with Gasteiger partial charge in [0.2, 0.25) is 0 Å². The maximum absolute atomic E-state index is 10.5. The summed E-state index contributed by atoms with van der Waals surface area (Å²) in [5.41, 5.74) is 0.657. The fraction of sp³-hybridized carbons (Fsp3) is 0.273. The Balaban J connectivity index is 2.86. The first-order valence-electron chi connectivity index (χ1n) is 4.65. The molecule has 0 saturated heterocycles. The normalized spacial score (nSPS) is 12.1. The Hall–Kier alpha value is -2.06. The van der Waals surface area contributed by atoms with Crippen LogP contribution >= 0.6 is 0 Å². The largest absolute Gasteiger partial charge is 0.508 e. The molecule has 0 fully saturated rings. The number of carboxylic acid groups (broad SMARTS) is 1. The van der Waals surface area contributed by atoms with E-state index in [9.17, 15) is 4.79 Å². The summed E-state index contributed by atoms with van der Waals surface area (Å²) >= 11 is 0. The van der Waals surface area contributed by atoms with Crippen LogP contribution in [0.25, 0.3) is 0 Å². The predicted octanol–water partition coefficient (Wildman–Crippen LogP) is 0.973. The minimum absolute atomic E-state index is 0.112. The van der Waals surface area contributed by atoms with E-state index in [-0.39, 0.29) is 12.3 Å². The first-order chi connectivity index (χ1) is 7.54. The standard InChI is InChI=1S/C11H12N2O3/c1-13(7-11(15)16)10(6-12)8-2-4-9(14)5-3-8/h2-5,10,14H,7H2,1H3,(H,15,16). The molecule has 1 atom stereocenters. The Bertz CT molecular complexity index is 408. The summed E-state index contributed by atoms with van der Waals surface area (Å²) in [4.78, 5) is 11.9. The van der Waals surface area contributed by atoms with Crippen molar-refractivity contribution < 1.29 is 15.0 Å². The van der Waals surface area contributed by atoms with Gasteiger partial charge >= 0.3 is 5.97 Å². The van der Waals surface area contributed by atoms with Crippen molar-refractivity contribution in [2.45, 2.75) is 6.04 Å². The number of aliphatic carboxylic acids is 1. The van der Waals surface area contributed by atoms with Crippen LogP contribution in [-0.2, 0) is 4.79 Å². The van der Waals surface area contributed by atoms with E-state index in [1.165, 1.54) is 17.0 Å². The minimum atomic E-state index is -0.985. The summed E-state index contributed by atoms with van der Waals surface area (Å²) in [6, 6.07) is 7.53. The van der Waals surface area contributed by atoms with Crippen LogP contribution in [0, 0.1) is 11.3 Å². The Morgan fingerprint density at radius 3 is 2.50 bits per heavy atom. The molecule has 0 aromatic heterocycles. The number of likely N-dealkylation sites (N-methyl/N-ethyl adjacent to an activating group) is 1. The lowest BCUT2D eigenvalue weighted by Gasteiger charge is -2.20. The van der Waals surface area contributed by atoms with Crippen LogP contribution in [0.15, 0.2) is 24.3 Å². The minimum Gasteiger partial charge on any atom is -0.508 e. The SMILES string of the molecule is CN(CC(=O)O)C(C#N)c1ccc(O)cc1. The first kappa shape index (κ1) is 12.0. The number of carbonyl (C=O) groups is 1. The second-order valence-corrected chi connectivity index (χ2v) is 3.43. The van der Waals surface area contributed by atoms with Gasteiger partial charge in [0.15, 0.2) is 0 Å². The molecule has 0 saturated carbocycles. The highest BCUT2D eigenvalue weighted by atomic mass is 16.4. The van der Waals surface area contributed by atoms with Crippen LogP contribution in [-0.4, -0.2) is 34.7 Å². The lowest BCUT2D eigenvalue weighted by atomic mass is 10.1. The van der Waals surface area contributed by atoms with E-state index in [0.29, 0.717) is 5.56 Å².